The van der Waals surface area contributed by atoms with Crippen molar-refractivity contribution in [2.45, 2.75) is 26.4 Å². The Morgan fingerprint density at radius 1 is 1.10 bits per heavy atom. The van der Waals surface area contributed by atoms with Crippen LogP contribution in [0.3, 0.4) is 0 Å². The average Bonchev–Trinajstić information content (AvgIpc) is 2.38. The summed E-state index contributed by atoms with van der Waals surface area (Å²) in [5.41, 5.74) is -0.148. The number of hydrogen-bond acceptors (Lipinski definition) is 4. The van der Waals surface area contributed by atoms with Gasteiger partial charge in [0, 0.05) is 6.20 Å². The van der Waals surface area contributed by atoms with Crippen molar-refractivity contribution in [3.8, 4) is 11.5 Å². The molecule has 0 fully saturated rings. The molecule has 4 nitrogen and oxygen atoms in total. The predicted molar refractivity (Wildman–Crippen MR) is 75.9 cm³/mol. The summed E-state index contributed by atoms with van der Waals surface area (Å²) < 4.78 is 11.0. The Balaban J connectivity index is 2.25. The van der Waals surface area contributed by atoms with Crippen molar-refractivity contribution in [3.05, 3.63) is 54.4 Å². The fourth-order valence-corrected chi connectivity index (χ4v) is 1.59. The first kappa shape index (κ1) is 14.1. The Kier molecular flexibility index (Phi) is 4.03. The van der Waals surface area contributed by atoms with Gasteiger partial charge in [-0.25, -0.2) is 4.79 Å². The second kappa shape index (κ2) is 5.74. The van der Waals surface area contributed by atoms with Crippen LogP contribution in [0, 0.1) is 0 Å². The largest absolute Gasteiger partial charge is 0.456 e. The first-order valence-corrected chi connectivity index (χ1v) is 6.36. The van der Waals surface area contributed by atoms with Gasteiger partial charge in [-0.05, 0) is 45.0 Å². The first-order chi connectivity index (χ1) is 9.46. The molecule has 0 bridgehead atoms. The molecular formula is C16H17NO3. The molecule has 0 saturated carbocycles. The SMILES string of the molecule is CC(C)(C)OC(=O)c1ccccc1Oc1cccnc1. The first-order valence-electron chi connectivity index (χ1n) is 6.36. The molecule has 1 heterocycles. The quantitative estimate of drug-likeness (QED) is 0.796. The van der Waals surface area contributed by atoms with Crippen LogP contribution in [0.15, 0.2) is 48.8 Å². The number of aromatic nitrogens is 1. The fourth-order valence-electron chi connectivity index (χ4n) is 1.59. The number of hydrogen-bond donors (Lipinski definition) is 0. The molecule has 0 aliphatic heterocycles. The lowest BCUT2D eigenvalue weighted by Crippen LogP contribution is -2.24. The topological polar surface area (TPSA) is 48.4 Å². The third kappa shape index (κ3) is 3.82. The van der Waals surface area contributed by atoms with Crippen molar-refractivity contribution in [1.82, 2.24) is 4.98 Å². The molecule has 0 N–H and O–H groups in total. The lowest BCUT2D eigenvalue weighted by molar-refractivity contribution is 0.00672. The van der Waals surface area contributed by atoms with Crippen molar-refractivity contribution in [2.75, 3.05) is 0 Å². The Morgan fingerprint density at radius 2 is 1.85 bits per heavy atom. The molecule has 20 heavy (non-hydrogen) atoms. The summed E-state index contributed by atoms with van der Waals surface area (Å²) in [6.07, 6.45) is 3.25. The highest BCUT2D eigenvalue weighted by atomic mass is 16.6. The van der Waals surface area contributed by atoms with Gasteiger partial charge < -0.3 is 9.47 Å². The standard InChI is InChI=1S/C16H17NO3/c1-16(2,3)20-15(18)13-8-4-5-9-14(13)19-12-7-6-10-17-11-12/h4-11H,1-3H3. The number of carbonyl (C=O) groups is 1. The summed E-state index contributed by atoms with van der Waals surface area (Å²) in [5, 5.41) is 0. The number of benzene rings is 1. The van der Waals surface area contributed by atoms with E-state index < -0.39 is 11.6 Å². The second-order valence-corrected chi connectivity index (χ2v) is 5.29. The van der Waals surface area contributed by atoms with E-state index in [1.54, 1.807) is 48.8 Å². The van der Waals surface area contributed by atoms with E-state index in [1.165, 1.54) is 0 Å². The smallest absolute Gasteiger partial charge is 0.342 e. The monoisotopic (exact) mass is 271 g/mol. The van der Waals surface area contributed by atoms with Gasteiger partial charge in [0.05, 0.1) is 6.20 Å². The highest BCUT2D eigenvalue weighted by Gasteiger charge is 2.21. The van der Waals surface area contributed by atoms with Gasteiger partial charge >= 0.3 is 5.97 Å². The zero-order valence-electron chi connectivity index (χ0n) is 11.8. The average molecular weight is 271 g/mol. The highest BCUT2D eigenvalue weighted by molar-refractivity contribution is 5.92. The number of nitrogens with zero attached hydrogens (tertiary/aromatic N) is 1. The van der Waals surface area contributed by atoms with E-state index in [-0.39, 0.29) is 0 Å². The van der Waals surface area contributed by atoms with Gasteiger partial charge in [0.15, 0.2) is 0 Å². The molecule has 1 aromatic heterocycles. The van der Waals surface area contributed by atoms with Crippen molar-refractivity contribution in [3.63, 3.8) is 0 Å². The summed E-state index contributed by atoms with van der Waals surface area (Å²) in [6, 6.07) is 10.5. The number of para-hydroxylation sites is 1. The maximum Gasteiger partial charge on any atom is 0.342 e. The Hall–Kier alpha value is -2.36. The number of pyridine rings is 1. The molecule has 104 valence electrons. The van der Waals surface area contributed by atoms with Crippen LogP contribution < -0.4 is 4.74 Å². The molecule has 0 saturated heterocycles. The molecular weight excluding hydrogens is 254 g/mol. The van der Waals surface area contributed by atoms with E-state index >= 15 is 0 Å². The summed E-state index contributed by atoms with van der Waals surface area (Å²) in [6.45, 7) is 5.49. The van der Waals surface area contributed by atoms with Gasteiger partial charge in [0.25, 0.3) is 0 Å². The van der Waals surface area contributed by atoms with Crippen LogP contribution in [-0.4, -0.2) is 16.6 Å². The molecule has 0 spiro atoms. The summed E-state index contributed by atoms with van der Waals surface area (Å²) >= 11 is 0. The van der Waals surface area contributed by atoms with E-state index in [1.807, 2.05) is 20.8 Å². The minimum absolute atomic E-state index is 0.395. The third-order valence-electron chi connectivity index (χ3n) is 2.37. The lowest BCUT2D eigenvalue weighted by Gasteiger charge is -2.20. The normalized spacial score (nSPS) is 10.9. The van der Waals surface area contributed by atoms with Gasteiger partial charge in [-0.15, -0.1) is 0 Å². The molecule has 0 atom stereocenters. The molecule has 4 heteroatoms. The van der Waals surface area contributed by atoms with Gasteiger partial charge in [0.2, 0.25) is 0 Å². The third-order valence-corrected chi connectivity index (χ3v) is 2.37. The van der Waals surface area contributed by atoms with E-state index in [4.69, 9.17) is 9.47 Å². The van der Waals surface area contributed by atoms with Gasteiger partial charge in [-0.2, -0.15) is 0 Å². The molecule has 0 unspecified atom stereocenters. The van der Waals surface area contributed by atoms with Crippen molar-refractivity contribution in [1.29, 1.82) is 0 Å². The van der Waals surface area contributed by atoms with Crippen LogP contribution in [0.25, 0.3) is 0 Å². The van der Waals surface area contributed by atoms with Crippen LogP contribution in [0.4, 0.5) is 0 Å². The Labute approximate surface area is 118 Å². The maximum atomic E-state index is 12.2. The number of esters is 1. The molecule has 0 amide bonds. The van der Waals surface area contributed by atoms with Gasteiger partial charge in [-0.3, -0.25) is 4.98 Å². The number of carbonyl (C=O) groups excluding carboxylic acids is 1. The van der Waals surface area contributed by atoms with Crippen molar-refractivity contribution >= 4 is 5.97 Å². The van der Waals surface area contributed by atoms with Crippen LogP contribution in [0.1, 0.15) is 31.1 Å². The summed E-state index contributed by atoms with van der Waals surface area (Å²) in [4.78, 5) is 16.1. The second-order valence-electron chi connectivity index (χ2n) is 5.29. The van der Waals surface area contributed by atoms with Gasteiger partial charge in [0.1, 0.15) is 22.7 Å². The van der Waals surface area contributed by atoms with Crippen molar-refractivity contribution < 1.29 is 14.3 Å². The van der Waals surface area contributed by atoms with E-state index in [0.29, 0.717) is 17.1 Å². The molecule has 2 aromatic rings. The Bertz CT molecular complexity index is 588. The molecule has 0 aliphatic carbocycles. The summed E-state index contributed by atoms with van der Waals surface area (Å²) in [5.74, 6) is 0.621. The summed E-state index contributed by atoms with van der Waals surface area (Å²) in [7, 11) is 0. The van der Waals surface area contributed by atoms with E-state index in [0.717, 1.165) is 0 Å². The van der Waals surface area contributed by atoms with E-state index in [2.05, 4.69) is 4.98 Å². The zero-order chi connectivity index (χ0) is 14.6. The number of rotatable bonds is 3. The minimum Gasteiger partial charge on any atom is -0.456 e. The fraction of sp³-hybridized carbons (Fsp3) is 0.250. The van der Waals surface area contributed by atoms with Gasteiger partial charge in [-0.1, -0.05) is 12.1 Å². The molecule has 0 aliphatic rings. The predicted octanol–water partition coefficient (Wildman–Crippen LogP) is 3.83. The minimum atomic E-state index is -0.543. The van der Waals surface area contributed by atoms with E-state index in [9.17, 15) is 4.79 Å². The molecule has 0 radical (unpaired) electrons. The van der Waals surface area contributed by atoms with Crippen LogP contribution >= 0.6 is 0 Å². The lowest BCUT2D eigenvalue weighted by atomic mass is 10.1. The number of ether oxygens (including phenoxy) is 2. The molecule has 1 aromatic carbocycles. The van der Waals surface area contributed by atoms with Crippen LogP contribution in [-0.2, 0) is 4.74 Å². The van der Waals surface area contributed by atoms with Crippen molar-refractivity contribution in [2.24, 2.45) is 0 Å². The maximum absolute atomic E-state index is 12.2. The Morgan fingerprint density at radius 3 is 2.50 bits per heavy atom. The van der Waals surface area contributed by atoms with Crippen LogP contribution in [0.2, 0.25) is 0 Å². The molecule has 2 rings (SSSR count). The zero-order valence-corrected chi connectivity index (χ0v) is 11.8. The van der Waals surface area contributed by atoms with Crippen LogP contribution in [0.5, 0.6) is 11.5 Å². The highest BCUT2D eigenvalue weighted by Crippen LogP contribution is 2.26.